The third kappa shape index (κ3) is 7.87. The van der Waals surface area contributed by atoms with Crippen molar-refractivity contribution in [1.29, 1.82) is 0 Å². The summed E-state index contributed by atoms with van der Waals surface area (Å²) < 4.78 is 56.6. The summed E-state index contributed by atoms with van der Waals surface area (Å²) in [6.45, 7) is 1.77. The van der Waals surface area contributed by atoms with Crippen LogP contribution in [0.5, 0.6) is 11.6 Å². The highest BCUT2D eigenvalue weighted by molar-refractivity contribution is 5.90. The van der Waals surface area contributed by atoms with Crippen LogP contribution in [-0.2, 0) is 11.0 Å². The van der Waals surface area contributed by atoms with Gasteiger partial charge in [0.15, 0.2) is 11.6 Å². The first-order valence-corrected chi connectivity index (χ1v) is 7.71. The fourth-order valence-electron chi connectivity index (χ4n) is 1.96. The molecular weight excluding hydrogens is 425 g/mol. The number of nitrogens with one attached hydrogen (secondary N) is 1. The third-order valence-corrected chi connectivity index (χ3v) is 3.32. The standard InChI is InChI=1S/C17H17F4N3O2.2ClH/c1-10(22)2-6-15(25)24-12-4-5-14(13(18)8-12)26-16-7-3-11(9-23-16)17(19,20)21;;/h3-5,7-10H,2,6,22H2,1H3,(H,24,25);2*1H. The lowest BCUT2D eigenvalue weighted by Gasteiger charge is -2.10. The SMILES string of the molecule is CC(N)CCC(=O)Nc1ccc(Oc2ccc(C(F)(F)F)cn2)c(F)c1.Cl.Cl. The van der Waals surface area contributed by atoms with E-state index >= 15 is 0 Å². The molecule has 1 aromatic carbocycles. The summed E-state index contributed by atoms with van der Waals surface area (Å²) in [6.07, 6.45) is -3.22. The number of halogens is 6. The molecule has 0 saturated heterocycles. The zero-order chi connectivity index (χ0) is 19.3. The number of rotatable bonds is 6. The Bertz CT molecular complexity index is 772. The van der Waals surface area contributed by atoms with Crippen LogP contribution in [0.4, 0.5) is 23.2 Å². The molecule has 1 amide bonds. The molecule has 0 aliphatic rings. The van der Waals surface area contributed by atoms with Crippen molar-refractivity contribution < 1.29 is 27.1 Å². The number of aromatic nitrogens is 1. The Labute approximate surface area is 171 Å². The molecule has 1 atom stereocenters. The van der Waals surface area contributed by atoms with Crippen molar-refractivity contribution in [3.63, 3.8) is 0 Å². The quantitative estimate of drug-likeness (QED) is 0.619. The van der Waals surface area contributed by atoms with E-state index in [-0.39, 0.29) is 60.5 Å². The minimum atomic E-state index is -4.52. The summed E-state index contributed by atoms with van der Waals surface area (Å²) >= 11 is 0. The van der Waals surface area contributed by atoms with Gasteiger partial charge in [0, 0.05) is 36.5 Å². The van der Waals surface area contributed by atoms with Gasteiger partial charge < -0.3 is 15.8 Å². The first kappa shape index (κ1) is 25.9. The maximum atomic E-state index is 14.1. The summed E-state index contributed by atoms with van der Waals surface area (Å²) in [6, 6.07) is 5.36. The lowest BCUT2D eigenvalue weighted by atomic mass is 10.2. The van der Waals surface area contributed by atoms with E-state index in [1.165, 1.54) is 12.1 Å². The molecule has 0 fully saturated rings. The van der Waals surface area contributed by atoms with Crippen LogP contribution in [0, 0.1) is 5.82 Å². The minimum Gasteiger partial charge on any atom is -0.436 e. The number of amides is 1. The van der Waals surface area contributed by atoms with Crippen molar-refractivity contribution in [3.05, 3.63) is 47.9 Å². The number of carbonyl (C=O) groups excluding carboxylic acids is 1. The van der Waals surface area contributed by atoms with Gasteiger partial charge in [0.1, 0.15) is 0 Å². The number of nitrogens with two attached hydrogens (primary N) is 1. The van der Waals surface area contributed by atoms with Gasteiger partial charge in [0.2, 0.25) is 11.8 Å². The molecule has 156 valence electrons. The lowest BCUT2D eigenvalue weighted by Crippen LogP contribution is -2.19. The molecule has 1 unspecified atom stereocenters. The third-order valence-electron chi connectivity index (χ3n) is 3.32. The zero-order valence-corrected chi connectivity index (χ0v) is 16.3. The van der Waals surface area contributed by atoms with Gasteiger partial charge in [-0.3, -0.25) is 4.79 Å². The van der Waals surface area contributed by atoms with E-state index in [2.05, 4.69) is 10.3 Å². The van der Waals surface area contributed by atoms with Gasteiger partial charge >= 0.3 is 6.18 Å². The van der Waals surface area contributed by atoms with E-state index in [0.717, 1.165) is 18.2 Å². The number of hydrogen-bond donors (Lipinski definition) is 2. The zero-order valence-electron chi connectivity index (χ0n) is 14.6. The lowest BCUT2D eigenvalue weighted by molar-refractivity contribution is -0.137. The van der Waals surface area contributed by atoms with Crippen molar-refractivity contribution in [1.82, 2.24) is 4.98 Å². The monoisotopic (exact) mass is 443 g/mol. The van der Waals surface area contributed by atoms with E-state index in [4.69, 9.17) is 10.5 Å². The molecule has 1 aromatic heterocycles. The number of ether oxygens (including phenoxy) is 1. The smallest absolute Gasteiger partial charge is 0.417 e. The number of nitrogens with zero attached hydrogens (tertiary/aromatic N) is 1. The first-order chi connectivity index (χ1) is 12.1. The van der Waals surface area contributed by atoms with Crippen LogP contribution in [0.2, 0.25) is 0 Å². The molecular formula is C17H19Cl2F4N3O2. The average Bonchev–Trinajstić information content (AvgIpc) is 2.55. The maximum absolute atomic E-state index is 14.1. The fraction of sp³-hybridized carbons (Fsp3) is 0.294. The highest BCUT2D eigenvalue weighted by Crippen LogP contribution is 2.31. The van der Waals surface area contributed by atoms with Crippen LogP contribution < -0.4 is 15.8 Å². The Morgan fingerprint density at radius 3 is 2.43 bits per heavy atom. The van der Waals surface area contributed by atoms with Crippen LogP contribution in [0.3, 0.4) is 0 Å². The number of anilines is 1. The summed E-state index contributed by atoms with van der Waals surface area (Å²) in [5, 5.41) is 2.52. The predicted octanol–water partition coefficient (Wildman–Crippen LogP) is 4.94. The topological polar surface area (TPSA) is 77.2 Å². The van der Waals surface area contributed by atoms with E-state index in [1.54, 1.807) is 6.92 Å². The number of alkyl halides is 3. The molecule has 0 aliphatic carbocycles. The maximum Gasteiger partial charge on any atom is 0.417 e. The van der Waals surface area contributed by atoms with E-state index in [1.807, 2.05) is 0 Å². The largest absolute Gasteiger partial charge is 0.436 e. The van der Waals surface area contributed by atoms with Crippen molar-refractivity contribution >= 4 is 36.4 Å². The number of pyridine rings is 1. The molecule has 11 heteroatoms. The number of benzene rings is 1. The second-order valence-electron chi connectivity index (χ2n) is 5.69. The summed E-state index contributed by atoms with van der Waals surface area (Å²) in [4.78, 5) is 15.2. The van der Waals surface area contributed by atoms with Crippen LogP contribution in [0.25, 0.3) is 0 Å². The van der Waals surface area contributed by atoms with Crippen LogP contribution >= 0.6 is 24.8 Å². The second-order valence-corrected chi connectivity index (χ2v) is 5.69. The molecule has 0 saturated carbocycles. The van der Waals surface area contributed by atoms with Gasteiger partial charge in [-0.2, -0.15) is 13.2 Å². The summed E-state index contributed by atoms with van der Waals surface area (Å²) in [7, 11) is 0. The van der Waals surface area contributed by atoms with Gasteiger partial charge in [0.05, 0.1) is 5.56 Å². The van der Waals surface area contributed by atoms with E-state index in [9.17, 15) is 22.4 Å². The van der Waals surface area contributed by atoms with Crippen LogP contribution in [0.1, 0.15) is 25.3 Å². The van der Waals surface area contributed by atoms with Crippen molar-refractivity contribution in [3.8, 4) is 11.6 Å². The molecule has 1 heterocycles. The first-order valence-electron chi connectivity index (χ1n) is 7.71. The van der Waals surface area contributed by atoms with Gasteiger partial charge in [-0.1, -0.05) is 0 Å². The van der Waals surface area contributed by atoms with E-state index < -0.39 is 17.6 Å². The van der Waals surface area contributed by atoms with E-state index in [0.29, 0.717) is 12.6 Å². The highest BCUT2D eigenvalue weighted by Gasteiger charge is 2.30. The highest BCUT2D eigenvalue weighted by atomic mass is 35.5. The molecule has 2 aromatic rings. The molecule has 0 spiro atoms. The molecule has 5 nitrogen and oxygen atoms in total. The Kier molecular flexibility index (Phi) is 10.2. The van der Waals surface area contributed by atoms with Gasteiger partial charge in [-0.05, 0) is 31.5 Å². The van der Waals surface area contributed by atoms with Gasteiger partial charge in [-0.25, -0.2) is 9.37 Å². The normalized spacial score (nSPS) is 11.6. The number of carbonyl (C=O) groups is 1. The molecule has 0 bridgehead atoms. The van der Waals surface area contributed by atoms with Crippen molar-refractivity contribution in [2.24, 2.45) is 5.73 Å². The van der Waals surface area contributed by atoms with Gasteiger partial charge in [0.25, 0.3) is 0 Å². The van der Waals surface area contributed by atoms with Gasteiger partial charge in [-0.15, -0.1) is 24.8 Å². The molecule has 0 radical (unpaired) electrons. The Morgan fingerprint density at radius 2 is 1.93 bits per heavy atom. The molecule has 0 aliphatic heterocycles. The van der Waals surface area contributed by atoms with Crippen molar-refractivity contribution in [2.75, 3.05) is 5.32 Å². The fourth-order valence-corrected chi connectivity index (χ4v) is 1.96. The Hall–Kier alpha value is -2.10. The second kappa shape index (κ2) is 11.0. The Balaban J connectivity index is 0.00000364. The molecule has 3 N–H and O–H groups in total. The minimum absolute atomic E-state index is 0. The van der Waals surface area contributed by atoms with Crippen LogP contribution in [-0.4, -0.2) is 16.9 Å². The van der Waals surface area contributed by atoms with Crippen molar-refractivity contribution in [2.45, 2.75) is 32.0 Å². The predicted molar refractivity (Wildman–Crippen MR) is 102 cm³/mol. The summed E-state index contributed by atoms with van der Waals surface area (Å²) in [5.74, 6) is -1.52. The summed E-state index contributed by atoms with van der Waals surface area (Å²) in [5.41, 5.74) is 4.85. The molecule has 28 heavy (non-hydrogen) atoms. The average molecular weight is 444 g/mol. The number of hydrogen-bond acceptors (Lipinski definition) is 4. The molecule has 2 rings (SSSR count). The Morgan fingerprint density at radius 1 is 1.25 bits per heavy atom. The van der Waals surface area contributed by atoms with Crippen LogP contribution in [0.15, 0.2) is 36.5 Å².